The van der Waals surface area contributed by atoms with Gasteiger partial charge >= 0.3 is 6.18 Å². The number of nitrogens with one attached hydrogen (secondary N) is 1. The van der Waals surface area contributed by atoms with Crippen LogP contribution in [0.1, 0.15) is 63.2 Å². The molecule has 0 fully saturated rings. The second-order valence-electron chi connectivity index (χ2n) is 11.9. The highest BCUT2D eigenvalue weighted by molar-refractivity contribution is 7.89. The lowest BCUT2D eigenvalue weighted by Gasteiger charge is -2.35. The third-order valence-electron chi connectivity index (χ3n) is 7.93. The van der Waals surface area contributed by atoms with Crippen LogP contribution in [0.15, 0.2) is 47.4 Å². The van der Waals surface area contributed by atoms with E-state index in [2.05, 4.69) is 5.32 Å². The van der Waals surface area contributed by atoms with E-state index >= 15 is 0 Å². The number of alkyl halides is 3. The van der Waals surface area contributed by atoms with Crippen LogP contribution in [-0.2, 0) is 19.6 Å². The predicted octanol–water partition coefficient (Wildman–Crippen LogP) is 5.22. The number of hydrogen-bond donors (Lipinski definition) is 2. The molecule has 0 bridgehead atoms. The zero-order valence-electron chi connectivity index (χ0n) is 26.9. The summed E-state index contributed by atoms with van der Waals surface area (Å²) in [5.41, 5.74) is 0.128. The Kier molecular flexibility index (Phi) is 13.6. The number of anilines is 1. The summed E-state index contributed by atoms with van der Waals surface area (Å²) in [7, 11) is -2.62. The number of amides is 2. The van der Waals surface area contributed by atoms with E-state index in [-0.39, 0.29) is 41.1 Å². The zero-order chi connectivity index (χ0) is 34.9. The first-order valence-electron chi connectivity index (χ1n) is 15.4. The molecule has 15 heteroatoms. The van der Waals surface area contributed by atoms with Crippen LogP contribution < -0.4 is 10.1 Å². The molecule has 3 rings (SSSR count). The van der Waals surface area contributed by atoms with E-state index in [0.29, 0.717) is 25.9 Å². The van der Waals surface area contributed by atoms with E-state index < -0.39 is 71.3 Å². The molecule has 10 nitrogen and oxygen atoms in total. The average molecular weight is 690 g/mol. The van der Waals surface area contributed by atoms with E-state index in [4.69, 9.17) is 9.47 Å². The van der Waals surface area contributed by atoms with Crippen LogP contribution in [0.2, 0.25) is 0 Å². The Labute approximate surface area is 273 Å². The molecule has 0 saturated carbocycles. The predicted molar refractivity (Wildman–Crippen MR) is 167 cm³/mol. The van der Waals surface area contributed by atoms with Gasteiger partial charge in [0.2, 0.25) is 15.9 Å². The number of nitrogens with zero attached hydrogens (tertiary/aromatic N) is 2. The number of carbonyl (C=O) groups excluding carboxylic acids is 2. The summed E-state index contributed by atoms with van der Waals surface area (Å²) in [6, 6.07) is 8.01. The van der Waals surface area contributed by atoms with Crippen molar-refractivity contribution in [2.24, 2.45) is 5.92 Å². The number of benzene rings is 2. The van der Waals surface area contributed by atoms with Gasteiger partial charge in [-0.25, -0.2) is 12.8 Å². The van der Waals surface area contributed by atoms with Gasteiger partial charge in [-0.1, -0.05) is 6.92 Å². The van der Waals surface area contributed by atoms with Gasteiger partial charge in [-0.15, -0.1) is 0 Å². The number of sulfonamides is 1. The third kappa shape index (κ3) is 11.2. The number of ether oxygens (including phenoxy) is 2. The van der Waals surface area contributed by atoms with Crippen LogP contribution in [0.3, 0.4) is 0 Å². The number of aliphatic hydroxyl groups is 1. The molecule has 1 heterocycles. The maximum absolute atomic E-state index is 14.2. The molecule has 0 spiro atoms. The van der Waals surface area contributed by atoms with Crippen molar-refractivity contribution in [3.05, 3.63) is 53.8 Å². The van der Waals surface area contributed by atoms with E-state index in [1.54, 1.807) is 13.8 Å². The van der Waals surface area contributed by atoms with E-state index in [9.17, 15) is 40.7 Å². The fourth-order valence-electron chi connectivity index (χ4n) is 5.08. The van der Waals surface area contributed by atoms with Crippen molar-refractivity contribution in [3.8, 4) is 5.75 Å². The fourth-order valence-corrected chi connectivity index (χ4v) is 6.26. The maximum Gasteiger partial charge on any atom is 0.389 e. The van der Waals surface area contributed by atoms with Crippen molar-refractivity contribution in [1.29, 1.82) is 0 Å². The molecule has 0 aliphatic carbocycles. The van der Waals surface area contributed by atoms with Gasteiger partial charge < -0.3 is 24.8 Å². The lowest BCUT2D eigenvalue weighted by molar-refractivity contribution is -0.142. The summed E-state index contributed by atoms with van der Waals surface area (Å²) < 4.78 is 91.4. The van der Waals surface area contributed by atoms with Crippen molar-refractivity contribution >= 4 is 27.5 Å². The van der Waals surface area contributed by atoms with Gasteiger partial charge in [-0.2, -0.15) is 17.5 Å². The minimum Gasteiger partial charge on any atom is -0.490 e. The molecule has 2 aromatic carbocycles. The summed E-state index contributed by atoms with van der Waals surface area (Å²) >= 11 is 0. The monoisotopic (exact) mass is 689 g/mol. The van der Waals surface area contributed by atoms with E-state index in [0.717, 1.165) is 16.4 Å². The summed E-state index contributed by atoms with van der Waals surface area (Å²) in [5.74, 6) is -2.28. The molecular weight excluding hydrogens is 646 g/mol. The number of carbonyl (C=O) groups is 2. The summed E-state index contributed by atoms with van der Waals surface area (Å²) in [4.78, 5) is 27.7. The average Bonchev–Trinajstić information content (AvgIpc) is 3.01. The van der Waals surface area contributed by atoms with Gasteiger partial charge in [0.25, 0.3) is 5.91 Å². The molecule has 1 aliphatic heterocycles. The van der Waals surface area contributed by atoms with Crippen LogP contribution in [0.25, 0.3) is 0 Å². The minimum atomic E-state index is -4.51. The minimum absolute atomic E-state index is 0.0207. The van der Waals surface area contributed by atoms with Gasteiger partial charge in [-0.05, 0) is 75.6 Å². The summed E-state index contributed by atoms with van der Waals surface area (Å²) in [6.45, 7) is 5.07. The molecule has 2 aromatic rings. The molecule has 2 N–H and O–H groups in total. The van der Waals surface area contributed by atoms with Crippen LogP contribution in [0.4, 0.5) is 23.2 Å². The first-order valence-corrected chi connectivity index (χ1v) is 16.9. The van der Waals surface area contributed by atoms with Gasteiger partial charge in [0, 0.05) is 44.8 Å². The van der Waals surface area contributed by atoms with Crippen molar-refractivity contribution in [2.75, 3.05) is 38.7 Å². The van der Waals surface area contributed by atoms with Crippen LogP contribution in [-0.4, -0.2) is 92.3 Å². The van der Waals surface area contributed by atoms with Gasteiger partial charge in [-0.3, -0.25) is 9.59 Å². The van der Waals surface area contributed by atoms with Gasteiger partial charge in [0.05, 0.1) is 41.7 Å². The number of fused-ring (bicyclic) bond motifs is 1. The first-order chi connectivity index (χ1) is 22.0. The van der Waals surface area contributed by atoms with Crippen LogP contribution >= 0.6 is 0 Å². The van der Waals surface area contributed by atoms with Crippen molar-refractivity contribution in [2.45, 2.75) is 82.2 Å². The SMILES string of the molecule is C[C@@H]1CCCCO[C@H](CN(C)S(=O)(=O)c2ccc(F)cc2)[C@H](C)CN([C@H](C)CO)C(=O)c2cc(NC(=O)CCC(F)(F)F)ccc2O1. The quantitative estimate of drug-likeness (QED) is 0.346. The highest BCUT2D eigenvalue weighted by atomic mass is 32.2. The Bertz CT molecular complexity index is 1460. The summed E-state index contributed by atoms with van der Waals surface area (Å²) in [5, 5.41) is 12.5. The first kappa shape index (κ1) is 38.2. The fraction of sp³-hybridized carbons (Fsp3) is 0.562. The van der Waals surface area contributed by atoms with Gasteiger partial charge in [0.1, 0.15) is 11.6 Å². The Morgan fingerprint density at radius 2 is 1.83 bits per heavy atom. The van der Waals surface area contributed by atoms with Crippen LogP contribution in [0, 0.1) is 11.7 Å². The number of likely N-dealkylation sites (N-methyl/N-ethyl adjacent to an activating group) is 1. The molecule has 4 atom stereocenters. The molecule has 262 valence electrons. The lowest BCUT2D eigenvalue weighted by Crippen LogP contribution is -2.48. The number of halogens is 4. The molecule has 47 heavy (non-hydrogen) atoms. The molecular formula is C32H43F4N3O7S. The number of aliphatic hydroxyl groups excluding tert-OH is 1. The largest absolute Gasteiger partial charge is 0.490 e. The molecule has 0 aromatic heterocycles. The Balaban J connectivity index is 1.94. The standard InChI is InChI=1S/C32H43F4N3O7S/c1-21-18-39(22(2)20-40)31(42)27-17-25(37-30(41)14-15-32(34,35)36)10-13-28(27)46-23(3)7-5-6-16-45-29(21)19-38(4)47(43,44)26-11-8-24(33)9-12-26/h8-13,17,21-23,29,40H,5-7,14-16,18-20H2,1-4H3,(H,37,41)/t21-,22-,23-,29-/m1/s1. The molecule has 2 amide bonds. The lowest BCUT2D eigenvalue weighted by atomic mass is 10.0. The van der Waals surface area contributed by atoms with Gasteiger partial charge in [0.15, 0.2) is 0 Å². The maximum atomic E-state index is 14.2. The van der Waals surface area contributed by atoms with Crippen LogP contribution in [0.5, 0.6) is 5.75 Å². The molecule has 1 aliphatic rings. The van der Waals surface area contributed by atoms with E-state index in [1.807, 2.05) is 6.92 Å². The third-order valence-corrected chi connectivity index (χ3v) is 9.77. The topological polar surface area (TPSA) is 125 Å². The van der Waals surface area contributed by atoms with Crippen molar-refractivity contribution in [3.63, 3.8) is 0 Å². The second kappa shape index (κ2) is 16.7. The Morgan fingerprint density at radius 1 is 1.15 bits per heavy atom. The molecule has 0 saturated heterocycles. The zero-order valence-corrected chi connectivity index (χ0v) is 27.7. The second-order valence-corrected chi connectivity index (χ2v) is 14.0. The molecule has 0 unspecified atom stereocenters. The van der Waals surface area contributed by atoms with E-state index in [1.165, 1.54) is 42.3 Å². The normalized spacial score (nSPS) is 21.0. The number of rotatable bonds is 9. The highest BCUT2D eigenvalue weighted by Crippen LogP contribution is 2.29. The Hall–Kier alpha value is -3.27. The van der Waals surface area contributed by atoms with Crippen molar-refractivity contribution in [1.82, 2.24) is 9.21 Å². The summed E-state index contributed by atoms with van der Waals surface area (Å²) in [6.07, 6.45) is -5.72. The van der Waals surface area contributed by atoms with Crippen molar-refractivity contribution < 1.29 is 50.1 Å². The Morgan fingerprint density at radius 3 is 2.47 bits per heavy atom. The molecule has 0 radical (unpaired) electrons. The smallest absolute Gasteiger partial charge is 0.389 e. The highest BCUT2D eigenvalue weighted by Gasteiger charge is 2.33. The number of hydrogen-bond acceptors (Lipinski definition) is 7.